The molecule has 1 aliphatic rings. The van der Waals surface area contributed by atoms with Crippen molar-refractivity contribution in [2.24, 2.45) is 0 Å². The number of carbonyl (C=O) groups is 3. The molecule has 0 N–H and O–H groups in total. The van der Waals surface area contributed by atoms with Crippen molar-refractivity contribution < 1.29 is 14.4 Å². The van der Waals surface area contributed by atoms with Gasteiger partial charge in [-0.25, -0.2) is 4.79 Å². The standard InChI is InChI=1S/C21H38N2O3S2/c1-7-9-11-13-15-20(3,4)27-22-17(24)18(25)23(19(22)26)28-21(5,6)16-14-12-10-8-2/h7-16H2,1-6H3. The number of urea groups is 1. The molecule has 5 nitrogen and oxygen atoms in total. The topological polar surface area (TPSA) is 57.7 Å². The van der Waals surface area contributed by atoms with E-state index in [4.69, 9.17) is 0 Å². The minimum atomic E-state index is -0.717. The van der Waals surface area contributed by atoms with E-state index in [0.717, 1.165) is 47.1 Å². The number of hydrogen-bond donors (Lipinski definition) is 0. The second kappa shape index (κ2) is 11.5. The van der Waals surface area contributed by atoms with E-state index in [1.54, 1.807) is 0 Å². The van der Waals surface area contributed by atoms with E-state index in [9.17, 15) is 14.4 Å². The Balaban J connectivity index is 2.67. The lowest BCUT2D eigenvalue weighted by Crippen LogP contribution is -2.32. The molecule has 0 saturated carbocycles. The van der Waals surface area contributed by atoms with Gasteiger partial charge in [0, 0.05) is 9.49 Å². The molecule has 1 aliphatic heterocycles. The van der Waals surface area contributed by atoms with Crippen LogP contribution in [0.15, 0.2) is 0 Å². The number of rotatable bonds is 14. The van der Waals surface area contributed by atoms with Crippen LogP contribution >= 0.6 is 23.9 Å². The molecule has 0 spiro atoms. The largest absolute Gasteiger partial charge is 0.354 e. The Morgan fingerprint density at radius 3 is 1.32 bits per heavy atom. The van der Waals surface area contributed by atoms with Gasteiger partial charge in [0.15, 0.2) is 0 Å². The molecule has 0 aromatic carbocycles. The monoisotopic (exact) mass is 430 g/mol. The smallest absolute Gasteiger partial charge is 0.262 e. The lowest BCUT2D eigenvalue weighted by Gasteiger charge is -2.29. The SMILES string of the molecule is CCCCCCC(C)(C)SN1C(=O)C(=O)N(SC(C)(C)CCCCCC)C1=O. The molecule has 1 fully saturated rings. The second-order valence-electron chi connectivity index (χ2n) is 8.80. The lowest BCUT2D eigenvalue weighted by molar-refractivity contribution is -0.139. The molecule has 162 valence electrons. The summed E-state index contributed by atoms with van der Waals surface area (Å²) in [5, 5.41) is 0. The summed E-state index contributed by atoms with van der Waals surface area (Å²) in [6, 6.07) is -0.506. The Morgan fingerprint density at radius 1 is 0.643 bits per heavy atom. The van der Waals surface area contributed by atoms with Crippen LogP contribution in [-0.2, 0) is 9.59 Å². The normalized spacial score (nSPS) is 15.9. The van der Waals surface area contributed by atoms with Crippen molar-refractivity contribution in [3.05, 3.63) is 0 Å². The predicted octanol–water partition coefficient (Wildman–Crippen LogP) is 6.57. The molecule has 0 bridgehead atoms. The third-order valence-corrected chi connectivity index (χ3v) is 7.25. The molecule has 7 heteroatoms. The minimum Gasteiger partial charge on any atom is -0.262 e. The number of unbranched alkanes of at least 4 members (excludes halogenated alkanes) is 6. The average Bonchev–Trinajstić information content (AvgIpc) is 2.80. The van der Waals surface area contributed by atoms with Crippen LogP contribution in [0.1, 0.15) is 106 Å². The maximum Gasteiger partial charge on any atom is 0.354 e. The highest BCUT2D eigenvalue weighted by Gasteiger charge is 2.49. The molecule has 0 aliphatic carbocycles. The molecule has 1 heterocycles. The average molecular weight is 431 g/mol. The van der Waals surface area contributed by atoms with Crippen molar-refractivity contribution in [3.8, 4) is 0 Å². The van der Waals surface area contributed by atoms with Gasteiger partial charge in [-0.2, -0.15) is 8.61 Å². The summed E-state index contributed by atoms with van der Waals surface area (Å²) in [5.74, 6) is -1.43. The summed E-state index contributed by atoms with van der Waals surface area (Å²) >= 11 is 2.40. The Bertz CT molecular complexity index is 504. The first kappa shape index (κ1) is 25.3. The van der Waals surface area contributed by atoms with E-state index in [1.165, 1.54) is 49.6 Å². The van der Waals surface area contributed by atoms with Crippen molar-refractivity contribution in [1.29, 1.82) is 0 Å². The molecular formula is C21H38N2O3S2. The van der Waals surface area contributed by atoms with Gasteiger partial charge in [0.2, 0.25) is 0 Å². The molecule has 0 radical (unpaired) electrons. The molecular weight excluding hydrogens is 392 g/mol. The highest BCUT2D eigenvalue weighted by Crippen LogP contribution is 2.41. The van der Waals surface area contributed by atoms with Crippen molar-refractivity contribution in [2.45, 2.75) is 115 Å². The summed E-state index contributed by atoms with van der Waals surface area (Å²) < 4.78 is 1.61. The summed E-state index contributed by atoms with van der Waals surface area (Å²) in [6.45, 7) is 12.5. The fourth-order valence-electron chi connectivity index (χ4n) is 3.13. The minimum absolute atomic E-state index is 0.268. The van der Waals surface area contributed by atoms with Crippen LogP contribution < -0.4 is 0 Å². The van der Waals surface area contributed by atoms with Crippen molar-refractivity contribution in [3.63, 3.8) is 0 Å². The first-order valence-corrected chi connectivity index (χ1v) is 12.2. The van der Waals surface area contributed by atoms with Gasteiger partial charge in [0.1, 0.15) is 0 Å². The molecule has 0 unspecified atom stereocenters. The van der Waals surface area contributed by atoms with Crippen molar-refractivity contribution >= 4 is 41.7 Å². The molecule has 0 atom stereocenters. The third kappa shape index (κ3) is 7.97. The zero-order chi connectivity index (χ0) is 21.4. The Hall–Kier alpha value is -0.690. The van der Waals surface area contributed by atoms with E-state index in [0.29, 0.717) is 0 Å². The van der Waals surface area contributed by atoms with E-state index in [-0.39, 0.29) is 9.49 Å². The molecule has 1 saturated heterocycles. The number of hydrogen-bond acceptors (Lipinski definition) is 5. The van der Waals surface area contributed by atoms with E-state index in [1.807, 2.05) is 27.7 Å². The number of amides is 4. The van der Waals surface area contributed by atoms with Crippen LogP contribution in [-0.4, -0.2) is 35.9 Å². The zero-order valence-corrected chi connectivity index (χ0v) is 20.1. The van der Waals surface area contributed by atoms with Gasteiger partial charge >= 0.3 is 17.8 Å². The Morgan fingerprint density at radius 2 is 1.00 bits per heavy atom. The van der Waals surface area contributed by atoms with Gasteiger partial charge in [0.25, 0.3) is 0 Å². The summed E-state index contributed by atoms with van der Waals surface area (Å²) in [4.78, 5) is 37.7. The maximum atomic E-state index is 12.8. The lowest BCUT2D eigenvalue weighted by atomic mass is 10.0. The summed E-state index contributed by atoms with van der Waals surface area (Å²) in [6.07, 6.45) is 10.9. The molecule has 0 aromatic rings. The zero-order valence-electron chi connectivity index (χ0n) is 18.5. The van der Waals surface area contributed by atoms with Crippen LogP contribution in [0.2, 0.25) is 0 Å². The van der Waals surface area contributed by atoms with Crippen LogP contribution in [0.4, 0.5) is 4.79 Å². The number of imide groups is 2. The van der Waals surface area contributed by atoms with Gasteiger partial charge in [-0.3, -0.25) is 9.59 Å². The maximum absolute atomic E-state index is 12.8. The fourth-order valence-corrected chi connectivity index (χ4v) is 5.28. The highest BCUT2D eigenvalue weighted by atomic mass is 32.2. The van der Waals surface area contributed by atoms with E-state index >= 15 is 0 Å². The van der Waals surface area contributed by atoms with Crippen molar-refractivity contribution in [1.82, 2.24) is 8.61 Å². The third-order valence-electron chi connectivity index (χ3n) is 4.84. The number of nitrogens with zero attached hydrogens (tertiary/aromatic N) is 2. The summed E-state index contributed by atoms with van der Waals surface area (Å²) in [7, 11) is 0. The van der Waals surface area contributed by atoms with E-state index in [2.05, 4.69) is 13.8 Å². The predicted molar refractivity (Wildman–Crippen MR) is 120 cm³/mol. The van der Waals surface area contributed by atoms with Crippen molar-refractivity contribution in [2.75, 3.05) is 0 Å². The van der Waals surface area contributed by atoms with Gasteiger partial charge in [-0.05, 0) is 64.4 Å². The van der Waals surface area contributed by atoms with Crippen LogP contribution in [0.3, 0.4) is 0 Å². The fraction of sp³-hybridized carbons (Fsp3) is 0.857. The van der Waals surface area contributed by atoms with Gasteiger partial charge in [0.05, 0.1) is 0 Å². The van der Waals surface area contributed by atoms with E-state index < -0.39 is 17.8 Å². The molecule has 28 heavy (non-hydrogen) atoms. The van der Waals surface area contributed by atoms with Crippen LogP contribution in [0.25, 0.3) is 0 Å². The summed E-state index contributed by atoms with van der Waals surface area (Å²) in [5.41, 5.74) is 0. The molecule has 0 aromatic heterocycles. The van der Waals surface area contributed by atoms with Crippen LogP contribution in [0, 0.1) is 0 Å². The highest BCUT2D eigenvalue weighted by molar-refractivity contribution is 8.01. The Labute approximate surface area is 180 Å². The second-order valence-corrected chi connectivity index (χ2v) is 12.1. The molecule has 4 amide bonds. The first-order valence-electron chi connectivity index (χ1n) is 10.7. The van der Waals surface area contributed by atoms with Gasteiger partial charge < -0.3 is 0 Å². The van der Waals surface area contributed by atoms with Crippen LogP contribution in [0.5, 0.6) is 0 Å². The quantitative estimate of drug-likeness (QED) is 0.135. The Kier molecular flexibility index (Phi) is 10.4. The molecule has 1 rings (SSSR count). The first-order chi connectivity index (χ1) is 13.0. The number of carbonyl (C=O) groups excluding carboxylic acids is 3. The van der Waals surface area contributed by atoms with Gasteiger partial charge in [-0.15, -0.1) is 0 Å². The van der Waals surface area contributed by atoms with Gasteiger partial charge in [-0.1, -0.05) is 65.2 Å².